The number of nitrogens with zero attached hydrogens (tertiary/aromatic N) is 1. The third-order valence-electron chi connectivity index (χ3n) is 5.29. The van der Waals surface area contributed by atoms with Gasteiger partial charge in [-0.3, -0.25) is 9.59 Å². The van der Waals surface area contributed by atoms with E-state index in [0.29, 0.717) is 25.3 Å². The molecule has 0 saturated carbocycles. The van der Waals surface area contributed by atoms with Crippen LogP contribution in [0.3, 0.4) is 0 Å². The van der Waals surface area contributed by atoms with Crippen LogP contribution in [0, 0.1) is 13.8 Å². The maximum absolute atomic E-state index is 13.2. The van der Waals surface area contributed by atoms with Crippen molar-refractivity contribution in [1.29, 1.82) is 0 Å². The van der Waals surface area contributed by atoms with Gasteiger partial charge in [-0.05, 0) is 67.6 Å². The molecule has 0 aromatic heterocycles. The van der Waals surface area contributed by atoms with Crippen LogP contribution in [-0.2, 0) is 16.1 Å². The van der Waals surface area contributed by atoms with E-state index >= 15 is 0 Å². The summed E-state index contributed by atoms with van der Waals surface area (Å²) in [6.07, 6.45) is 1.35. The third kappa shape index (κ3) is 7.02. The lowest BCUT2D eigenvalue weighted by molar-refractivity contribution is -0.143. The van der Waals surface area contributed by atoms with Crippen LogP contribution in [0.2, 0.25) is 0 Å². The average Bonchev–Trinajstić information content (AvgIpc) is 2.78. The number of carbonyl (C=O) groups is 2. The highest BCUT2D eigenvalue weighted by atomic mass is 16.5. The molecule has 0 aliphatic rings. The number of carbonyl (C=O) groups excluding carboxylic acids is 2. The molecule has 31 heavy (non-hydrogen) atoms. The lowest BCUT2D eigenvalue weighted by Gasteiger charge is -2.30. The zero-order valence-electron chi connectivity index (χ0n) is 19.2. The summed E-state index contributed by atoms with van der Waals surface area (Å²) in [5, 5.41) is 2.92. The Hall–Kier alpha value is -3.02. The second kappa shape index (κ2) is 12.0. The van der Waals surface area contributed by atoms with Gasteiger partial charge in [-0.2, -0.15) is 0 Å². The van der Waals surface area contributed by atoms with Gasteiger partial charge in [0, 0.05) is 13.1 Å². The summed E-state index contributed by atoms with van der Waals surface area (Å²) in [6.45, 7) is 8.72. The number of nitrogens with one attached hydrogen (secondary N) is 1. The van der Waals surface area contributed by atoms with Crippen molar-refractivity contribution in [2.24, 2.45) is 0 Å². The molecular formula is C25H34N2O4. The molecule has 0 radical (unpaired) electrons. The molecule has 2 amide bonds. The van der Waals surface area contributed by atoms with E-state index in [1.165, 1.54) is 5.56 Å². The van der Waals surface area contributed by atoms with E-state index in [1.807, 2.05) is 70.2 Å². The van der Waals surface area contributed by atoms with Crippen molar-refractivity contribution in [1.82, 2.24) is 10.2 Å². The Kier molecular flexibility index (Phi) is 9.38. The zero-order valence-corrected chi connectivity index (χ0v) is 19.2. The summed E-state index contributed by atoms with van der Waals surface area (Å²) in [7, 11) is 1.61. The van der Waals surface area contributed by atoms with Crippen molar-refractivity contribution in [2.75, 3.05) is 20.3 Å². The number of benzene rings is 2. The molecular weight excluding hydrogens is 392 g/mol. The highest BCUT2D eigenvalue weighted by molar-refractivity contribution is 5.88. The first-order valence-electron chi connectivity index (χ1n) is 10.8. The molecule has 6 nitrogen and oxygen atoms in total. The van der Waals surface area contributed by atoms with E-state index in [1.54, 1.807) is 12.0 Å². The molecule has 0 saturated heterocycles. The van der Waals surface area contributed by atoms with Crippen LogP contribution in [0.15, 0.2) is 42.5 Å². The van der Waals surface area contributed by atoms with Crippen molar-refractivity contribution in [2.45, 2.75) is 53.1 Å². The molecule has 168 valence electrons. The van der Waals surface area contributed by atoms with Gasteiger partial charge in [-0.1, -0.05) is 32.0 Å². The van der Waals surface area contributed by atoms with E-state index in [2.05, 4.69) is 5.32 Å². The van der Waals surface area contributed by atoms with Crippen molar-refractivity contribution < 1.29 is 19.1 Å². The number of hydrogen-bond acceptors (Lipinski definition) is 4. The number of methoxy groups -OCH3 is 1. The maximum Gasteiger partial charge on any atom is 0.261 e. The highest BCUT2D eigenvalue weighted by Crippen LogP contribution is 2.19. The fourth-order valence-electron chi connectivity index (χ4n) is 3.24. The van der Waals surface area contributed by atoms with Gasteiger partial charge in [0.15, 0.2) is 6.61 Å². The second-order valence-corrected chi connectivity index (χ2v) is 7.62. The third-order valence-corrected chi connectivity index (χ3v) is 5.29. The van der Waals surface area contributed by atoms with E-state index in [4.69, 9.17) is 9.47 Å². The minimum Gasteiger partial charge on any atom is -0.497 e. The SMILES string of the molecule is CCCNC(=O)[C@@H](CC)N(Cc1ccc(OC)cc1)C(=O)COc1ccc(C)c(C)c1. The molecule has 2 aromatic rings. The first-order valence-corrected chi connectivity index (χ1v) is 10.8. The first kappa shape index (κ1) is 24.3. The standard InChI is InChI=1S/C25H34N2O4/c1-6-14-26-25(29)23(7-2)27(16-20-9-12-21(30-5)13-10-20)24(28)17-31-22-11-8-18(3)19(4)15-22/h8-13,15,23H,6-7,14,16-17H2,1-5H3,(H,26,29)/t23-/m1/s1. The van der Waals surface area contributed by atoms with Crippen LogP contribution < -0.4 is 14.8 Å². The minimum absolute atomic E-state index is 0.129. The zero-order chi connectivity index (χ0) is 22.8. The van der Waals surface area contributed by atoms with Crippen LogP contribution in [0.1, 0.15) is 43.4 Å². The van der Waals surface area contributed by atoms with Crippen LogP contribution in [-0.4, -0.2) is 43.0 Å². The van der Waals surface area contributed by atoms with Crippen LogP contribution >= 0.6 is 0 Å². The van der Waals surface area contributed by atoms with Gasteiger partial charge < -0.3 is 19.7 Å². The summed E-state index contributed by atoms with van der Waals surface area (Å²) >= 11 is 0. The van der Waals surface area contributed by atoms with E-state index in [9.17, 15) is 9.59 Å². The lowest BCUT2D eigenvalue weighted by Crippen LogP contribution is -2.50. The van der Waals surface area contributed by atoms with Crippen molar-refractivity contribution in [3.05, 3.63) is 59.2 Å². The number of hydrogen-bond donors (Lipinski definition) is 1. The Morgan fingerprint density at radius 1 is 1.00 bits per heavy atom. The monoisotopic (exact) mass is 426 g/mol. The van der Waals surface area contributed by atoms with Gasteiger partial charge in [0.2, 0.25) is 5.91 Å². The van der Waals surface area contributed by atoms with Gasteiger partial charge in [0.05, 0.1) is 7.11 Å². The van der Waals surface area contributed by atoms with Gasteiger partial charge in [0.25, 0.3) is 5.91 Å². The fraction of sp³-hybridized carbons (Fsp3) is 0.440. The Balaban J connectivity index is 2.19. The molecule has 2 aromatic carbocycles. The van der Waals surface area contributed by atoms with Crippen molar-refractivity contribution in [3.8, 4) is 11.5 Å². The molecule has 0 unspecified atom stereocenters. The molecule has 0 aliphatic carbocycles. The maximum atomic E-state index is 13.2. The number of aryl methyl sites for hydroxylation is 2. The molecule has 0 heterocycles. The van der Waals surface area contributed by atoms with E-state index in [0.717, 1.165) is 23.3 Å². The normalized spacial score (nSPS) is 11.5. The fourth-order valence-corrected chi connectivity index (χ4v) is 3.24. The summed E-state index contributed by atoms with van der Waals surface area (Å²) in [6, 6.07) is 12.7. The van der Waals surface area contributed by atoms with Crippen LogP contribution in [0.25, 0.3) is 0 Å². The quantitative estimate of drug-likeness (QED) is 0.589. The predicted octanol–water partition coefficient (Wildman–Crippen LogP) is 4.02. The predicted molar refractivity (Wildman–Crippen MR) is 122 cm³/mol. The van der Waals surface area contributed by atoms with Crippen molar-refractivity contribution >= 4 is 11.8 Å². The van der Waals surface area contributed by atoms with Gasteiger partial charge in [-0.25, -0.2) is 0 Å². The largest absolute Gasteiger partial charge is 0.497 e. The molecule has 1 N–H and O–H groups in total. The van der Waals surface area contributed by atoms with Crippen LogP contribution in [0.4, 0.5) is 0 Å². The average molecular weight is 427 g/mol. The smallest absolute Gasteiger partial charge is 0.261 e. The first-order chi connectivity index (χ1) is 14.9. The molecule has 2 rings (SSSR count). The second-order valence-electron chi connectivity index (χ2n) is 7.62. The number of ether oxygens (including phenoxy) is 2. The molecule has 1 atom stereocenters. The number of rotatable bonds is 11. The number of amides is 2. The highest BCUT2D eigenvalue weighted by Gasteiger charge is 2.28. The topological polar surface area (TPSA) is 67.9 Å². The van der Waals surface area contributed by atoms with E-state index < -0.39 is 6.04 Å². The minimum atomic E-state index is -0.565. The Bertz CT molecular complexity index is 864. The Labute approximate surface area is 185 Å². The summed E-state index contributed by atoms with van der Waals surface area (Å²) in [5.41, 5.74) is 3.19. The van der Waals surface area contributed by atoms with Gasteiger partial charge in [-0.15, -0.1) is 0 Å². The molecule has 6 heteroatoms. The molecule has 0 aliphatic heterocycles. The van der Waals surface area contributed by atoms with Crippen molar-refractivity contribution in [3.63, 3.8) is 0 Å². The molecule has 0 bridgehead atoms. The summed E-state index contributed by atoms with van der Waals surface area (Å²) < 4.78 is 11.0. The lowest BCUT2D eigenvalue weighted by atomic mass is 10.1. The van der Waals surface area contributed by atoms with Gasteiger partial charge >= 0.3 is 0 Å². The van der Waals surface area contributed by atoms with Gasteiger partial charge in [0.1, 0.15) is 17.5 Å². The molecule has 0 fully saturated rings. The molecule has 0 spiro atoms. The Morgan fingerprint density at radius 3 is 2.26 bits per heavy atom. The van der Waals surface area contributed by atoms with Crippen LogP contribution in [0.5, 0.6) is 11.5 Å². The Morgan fingerprint density at radius 2 is 1.68 bits per heavy atom. The van der Waals surface area contributed by atoms with E-state index in [-0.39, 0.29) is 18.4 Å². The summed E-state index contributed by atoms with van der Waals surface area (Å²) in [5.74, 6) is 1.02. The summed E-state index contributed by atoms with van der Waals surface area (Å²) in [4.78, 5) is 27.5.